The molecule has 0 spiro atoms. The Labute approximate surface area is 155 Å². The van der Waals surface area contributed by atoms with Crippen LogP contribution in [0.3, 0.4) is 0 Å². The van der Waals surface area contributed by atoms with Gasteiger partial charge in [-0.3, -0.25) is 9.59 Å². The van der Waals surface area contributed by atoms with E-state index in [9.17, 15) is 9.59 Å². The van der Waals surface area contributed by atoms with Gasteiger partial charge in [-0.25, -0.2) is 0 Å². The van der Waals surface area contributed by atoms with Crippen molar-refractivity contribution in [3.63, 3.8) is 0 Å². The van der Waals surface area contributed by atoms with E-state index >= 15 is 0 Å². The molecule has 1 aromatic rings. The van der Waals surface area contributed by atoms with Crippen molar-refractivity contribution in [2.75, 3.05) is 33.9 Å². The van der Waals surface area contributed by atoms with Gasteiger partial charge in [0.2, 0.25) is 11.8 Å². The Hall–Kier alpha value is -2.24. The molecule has 1 aliphatic rings. The van der Waals surface area contributed by atoms with Crippen molar-refractivity contribution < 1.29 is 19.1 Å². The highest BCUT2D eigenvalue weighted by Crippen LogP contribution is 2.27. The number of hydrogen-bond donors (Lipinski definition) is 1. The van der Waals surface area contributed by atoms with Crippen molar-refractivity contribution >= 4 is 11.8 Å². The Morgan fingerprint density at radius 3 is 2.69 bits per heavy atom. The molecule has 1 atom stereocenters. The number of carbonyl (C=O) groups is 2. The second-order valence-corrected chi connectivity index (χ2v) is 6.66. The minimum absolute atomic E-state index is 0.0412. The van der Waals surface area contributed by atoms with Crippen LogP contribution in [0.5, 0.6) is 11.5 Å². The molecule has 1 N–H and O–H groups in total. The van der Waals surface area contributed by atoms with Crippen LogP contribution in [0.1, 0.15) is 38.2 Å². The Morgan fingerprint density at radius 1 is 1.23 bits per heavy atom. The number of ether oxygens (including phenoxy) is 2. The van der Waals surface area contributed by atoms with E-state index in [0.717, 1.165) is 37.8 Å². The molecule has 2 rings (SSSR count). The van der Waals surface area contributed by atoms with E-state index in [2.05, 4.69) is 5.32 Å². The van der Waals surface area contributed by atoms with E-state index < -0.39 is 0 Å². The van der Waals surface area contributed by atoms with Crippen LogP contribution < -0.4 is 14.8 Å². The first-order chi connectivity index (χ1) is 12.6. The van der Waals surface area contributed by atoms with E-state index in [4.69, 9.17) is 9.47 Å². The number of likely N-dealkylation sites (tertiary alicyclic amines) is 1. The molecule has 0 unspecified atom stereocenters. The van der Waals surface area contributed by atoms with Gasteiger partial charge in [0.15, 0.2) is 11.5 Å². The van der Waals surface area contributed by atoms with Crippen molar-refractivity contribution in [3.05, 3.63) is 23.8 Å². The molecule has 1 fully saturated rings. The van der Waals surface area contributed by atoms with Gasteiger partial charge in [0.05, 0.1) is 20.1 Å². The molecule has 1 heterocycles. The van der Waals surface area contributed by atoms with Crippen LogP contribution >= 0.6 is 0 Å². The third-order valence-corrected chi connectivity index (χ3v) is 4.77. The Bertz CT molecular complexity index is 618. The lowest BCUT2D eigenvalue weighted by Crippen LogP contribution is -2.45. The first kappa shape index (κ1) is 20.1. The first-order valence-electron chi connectivity index (χ1n) is 9.35. The number of piperidine rings is 1. The number of amides is 2. The number of carbonyl (C=O) groups excluding carboxylic acids is 2. The molecule has 0 bridgehead atoms. The summed E-state index contributed by atoms with van der Waals surface area (Å²) in [5.74, 6) is 1.48. The zero-order valence-corrected chi connectivity index (χ0v) is 16.0. The van der Waals surface area contributed by atoms with E-state index in [1.807, 2.05) is 30.0 Å². The lowest BCUT2D eigenvalue weighted by atomic mass is 9.96. The van der Waals surface area contributed by atoms with E-state index in [1.54, 1.807) is 14.2 Å². The Balaban J connectivity index is 1.82. The zero-order valence-electron chi connectivity index (χ0n) is 16.0. The van der Waals surface area contributed by atoms with Crippen LogP contribution in [0.25, 0.3) is 0 Å². The lowest BCUT2D eigenvalue weighted by molar-refractivity contribution is -0.135. The molecule has 26 heavy (non-hydrogen) atoms. The third kappa shape index (κ3) is 5.38. The summed E-state index contributed by atoms with van der Waals surface area (Å²) in [6.07, 6.45) is 3.86. The second-order valence-electron chi connectivity index (χ2n) is 6.66. The Kier molecular flexibility index (Phi) is 7.75. The summed E-state index contributed by atoms with van der Waals surface area (Å²) in [5.41, 5.74) is 1.08. The molecule has 0 radical (unpaired) electrons. The lowest BCUT2D eigenvalue weighted by Gasteiger charge is -2.32. The van der Waals surface area contributed by atoms with E-state index in [1.165, 1.54) is 0 Å². The fourth-order valence-electron chi connectivity index (χ4n) is 3.30. The van der Waals surface area contributed by atoms with Crippen LogP contribution in [0.2, 0.25) is 0 Å². The first-order valence-corrected chi connectivity index (χ1v) is 9.35. The summed E-state index contributed by atoms with van der Waals surface area (Å²) in [6.45, 7) is 3.88. The van der Waals surface area contributed by atoms with Crippen LogP contribution in [-0.2, 0) is 16.0 Å². The highest BCUT2D eigenvalue weighted by Gasteiger charge is 2.27. The number of hydrogen-bond acceptors (Lipinski definition) is 4. The average molecular weight is 362 g/mol. The van der Waals surface area contributed by atoms with Crippen molar-refractivity contribution in [1.29, 1.82) is 0 Å². The fourth-order valence-corrected chi connectivity index (χ4v) is 3.30. The number of nitrogens with one attached hydrogen (secondary N) is 1. The number of nitrogens with zero attached hydrogens (tertiary/aromatic N) is 1. The summed E-state index contributed by atoms with van der Waals surface area (Å²) < 4.78 is 10.5. The highest BCUT2D eigenvalue weighted by molar-refractivity contribution is 5.81. The summed E-state index contributed by atoms with van der Waals surface area (Å²) in [7, 11) is 3.22. The minimum atomic E-state index is -0.102. The molecule has 1 aliphatic heterocycles. The normalized spacial score (nSPS) is 16.9. The molecular formula is C20H30N2O4. The summed E-state index contributed by atoms with van der Waals surface area (Å²) in [6, 6.07) is 5.77. The molecule has 1 aromatic carbocycles. The van der Waals surface area contributed by atoms with E-state index in [0.29, 0.717) is 31.0 Å². The summed E-state index contributed by atoms with van der Waals surface area (Å²) >= 11 is 0. The van der Waals surface area contributed by atoms with Crippen LogP contribution in [0.15, 0.2) is 18.2 Å². The van der Waals surface area contributed by atoms with Gasteiger partial charge in [0.1, 0.15) is 0 Å². The molecule has 0 aromatic heterocycles. The van der Waals surface area contributed by atoms with Gasteiger partial charge < -0.3 is 19.7 Å². The predicted octanol–water partition coefficient (Wildman–Crippen LogP) is 2.40. The highest BCUT2D eigenvalue weighted by atomic mass is 16.5. The van der Waals surface area contributed by atoms with Crippen LogP contribution in [0, 0.1) is 5.92 Å². The summed E-state index contributed by atoms with van der Waals surface area (Å²) in [4.78, 5) is 26.3. The van der Waals surface area contributed by atoms with Crippen molar-refractivity contribution in [1.82, 2.24) is 10.2 Å². The minimum Gasteiger partial charge on any atom is -0.493 e. The second kappa shape index (κ2) is 10.0. The average Bonchev–Trinajstić information content (AvgIpc) is 2.68. The largest absolute Gasteiger partial charge is 0.493 e. The molecule has 0 aliphatic carbocycles. The standard InChI is InChI=1S/C20H30N2O4/c1-4-6-19(23)22-12-5-7-16(14-22)20(24)21-11-10-15-8-9-17(25-2)18(13-15)26-3/h8-9,13,16H,4-7,10-12,14H2,1-3H3,(H,21,24)/t16-/m0/s1. The number of benzene rings is 1. The van der Waals surface area contributed by atoms with Gasteiger partial charge in [0, 0.05) is 26.1 Å². The van der Waals surface area contributed by atoms with Crippen molar-refractivity contribution in [3.8, 4) is 11.5 Å². The van der Waals surface area contributed by atoms with Gasteiger partial charge in [-0.2, -0.15) is 0 Å². The van der Waals surface area contributed by atoms with Crippen molar-refractivity contribution in [2.45, 2.75) is 39.0 Å². The molecular weight excluding hydrogens is 332 g/mol. The monoisotopic (exact) mass is 362 g/mol. The van der Waals surface area contributed by atoms with Gasteiger partial charge in [0.25, 0.3) is 0 Å². The predicted molar refractivity (Wildman–Crippen MR) is 100 cm³/mol. The van der Waals surface area contributed by atoms with Crippen LogP contribution in [0.4, 0.5) is 0 Å². The van der Waals surface area contributed by atoms with Gasteiger partial charge in [-0.1, -0.05) is 13.0 Å². The summed E-state index contributed by atoms with van der Waals surface area (Å²) in [5, 5.41) is 3.01. The number of rotatable bonds is 8. The third-order valence-electron chi connectivity index (χ3n) is 4.77. The molecule has 144 valence electrons. The van der Waals surface area contributed by atoms with Gasteiger partial charge >= 0.3 is 0 Å². The van der Waals surface area contributed by atoms with Crippen molar-refractivity contribution in [2.24, 2.45) is 5.92 Å². The number of methoxy groups -OCH3 is 2. The zero-order chi connectivity index (χ0) is 18.9. The Morgan fingerprint density at radius 2 is 2.00 bits per heavy atom. The SMILES string of the molecule is CCCC(=O)N1CCC[C@H](C(=O)NCCc2ccc(OC)c(OC)c2)C1. The maximum atomic E-state index is 12.4. The molecule has 6 nitrogen and oxygen atoms in total. The molecule has 2 amide bonds. The fraction of sp³-hybridized carbons (Fsp3) is 0.600. The molecule has 0 saturated carbocycles. The van der Waals surface area contributed by atoms with Crippen LogP contribution in [-0.4, -0.2) is 50.6 Å². The quantitative estimate of drug-likeness (QED) is 0.771. The van der Waals surface area contributed by atoms with Gasteiger partial charge in [-0.15, -0.1) is 0 Å². The van der Waals surface area contributed by atoms with E-state index in [-0.39, 0.29) is 17.7 Å². The maximum Gasteiger partial charge on any atom is 0.224 e. The maximum absolute atomic E-state index is 12.4. The topological polar surface area (TPSA) is 67.9 Å². The van der Waals surface area contributed by atoms with Gasteiger partial charge in [-0.05, 0) is 43.4 Å². The smallest absolute Gasteiger partial charge is 0.224 e. The molecule has 6 heteroatoms. The molecule has 1 saturated heterocycles.